The van der Waals surface area contributed by atoms with E-state index < -0.39 is 5.97 Å². The number of methoxy groups -OCH3 is 1. The molecule has 5 nitrogen and oxygen atoms in total. The molecule has 15 heavy (non-hydrogen) atoms. The van der Waals surface area contributed by atoms with E-state index in [2.05, 4.69) is 10.2 Å². The van der Waals surface area contributed by atoms with Gasteiger partial charge in [0.25, 0.3) is 0 Å². The number of hydrogen-bond donors (Lipinski definition) is 2. The number of aromatic nitrogens is 2. The second kappa shape index (κ2) is 4.82. The smallest absolute Gasteiger partial charge is 0.303 e. The molecular formula is C10H16N2O3. The predicted octanol–water partition coefficient (Wildman–Crippen LogP) is 1.56. The number of nitrogens with one attached hydrogen (secondary N) is 1. The van der Waals surface area contributed by atoms with E-state index in [9.17, 15) is 4.79 Å². The third kappa shape index (κ3) is 2.71. The molecule has 0 radical (unpaired) electrons. The largest absolute Gasteiger partial charge is 0.481 e. The molecule has 1 rings (SSSR count). The van der Waals surface area contributed by atoms with Crippen molar-refractivity contribution in [3.63, 3.8) is 0 Å². The van der Waals surface area contributed by atoms with Crippen LogP contribution in [0.4, 0.5) is 0 Å². The van der Waals surface area contributed by atoms with Crippen LogP contribution in [0.15, 0.2) is 0 Å². The highest BCUT2D eigenvalue weighted by Crippen LogP contribution is 2.26. The second-order valence-electron chi connectivity index (χ2n) is 3.67. The molecule has 0 aliphatic heterocycles. The Balaban J connectivity index is 2.89. The molecule has 0 amide bonds. The van der Waals surface area contributed by atoms with E-state index in [1.807, 2.05) is 13.8 Å². The Kier molecular flexibility index (Phi) is 3.71. The number of carboxylic acids is 1. The Labute approximate surface area is 88.5 Å². The minimum atomic E-state index is -0.812. The van der Waals surface area contributed by atoms with Gasteiger partial charge in [0.15, 0.2) is 0 Å². The number of aliphatic carboxylic acids is 1. The van der Waals surface area contributed by atoms with Crippen molar-refractivity contribution in [1.82, 2.24) is 10.2 Å². The van der Waals surface area contributed by atoms with Gasteiger partial charge in [0.1, 0.15) is 0 Å². The van der Waals surface area contributed by atoms with E-state index in [0.717, 1.165) is 11.3 Å². The first-order chi connectivity index (χ1) is 7.06. The number of rotatable bonds is 5. The maximum Gasteiger partial charge on any atom is 0.303 e. The highest BCUT2D eigenvalue weighted by Gasteiger charge is 2.16. The number of H-pyrrole nitrogens is 1. The van der Waals surface area contributed by atoms with Crippen LogP contribution in [0.25, 0.3) is 0 Å². The number of ether oxygens (including phenoxy) is 1. The fourth-order valence-corrected chi connectivity index (χ4v) is 1.48. The van der Waals surface area contributed by atoms with Gasteiger partial charge < -0.3 is 9.84 Å². The topological polar surface area (TPSA) is 75.2 Å². The van der Waals surface area contributed by atoms with Crippen LogP contribution in [0.3, 0.4) is 0 Å². The minimum Gasteiger partial charge on any atom is -0.481 e. The van der Waals surface area contributed by atoms with E-state index in [-0.39, 0.29) is 12.3 Å². The van der Waals surface area contributed by atoms with Gasteiger partial charge in [-0.3, -0.25) is 9.89 Å². The van der Waals surface area contributed by atoms with E-state index in [0.29, 0.717) is 12.3 Å². The summed E-state index contributed by atoms with van der Waals surface area (Å²) in [5.74, 6) is -0.0295. The average Bonchev–Trinajstić information content (AvgIpc) is 2.57. The zero-order valence-corrected chi connectivity index (χ0v) is 9.20. The predicted molar refractivity (Wildman–Crippen MR) is 55.2 cm³/mol. The molecule has 0 atom stereocenters. The van der Waals surface area contributed by atoms with Gasteiger partial charge in [-0.25, -0.2) is 0 Å². The Bertz CT molecular complexity index is 344. The monoisotopic (exact) mass is 212 g/mol. The molecule has 0 saturated heterocycles. The lowest BCUT2D eigenvalue weighted by Crippen LogP contribution is -2.01. The number of aromatic amines is 1. The third-order valence-corrected chi connectivity index (χ3v) is 2.22. The van der Waals surface area contributed by atoms with Crippen molar-refractivity contribution in [1.29, 1.82) is 0 Å². The van der Waals surface area contributed by atoms with Crippen LogP contribution < -0.4 is 4.74 Å². The van der Waals surface area contributed by atoms with Crippen LogP contribution in [0.2, 0.25) is 0 Å². The van der Waals surface area contributed by atoms with Gasteiger partial charge in [-0.1, -0.05) is 13.8 Å². The summed E-state index contributed by atoms with van der Waals surface area (Å²) in [6.07, 6.45) is 0.540. The molecule has 1 aromatic heterocycles. The van der Waals surface area contributed by atoms with Gasteiger partial charge in [0.2, 0.25) is 5.88 Å². The lowest BCUT2D eigenvalue weighted by atomic mass is 10.0. The molecule has 0 aliphatic rings. The van der Waals surface area contributed by atoms with Crippen LogP contribution in [0, 0.1) is 0 Å². The maximum atomic E-state index is 10.5. The zero-order chi connectivity index (χ0) is 11.4. The summed E-state index contributed by atoms with van der Waals surface area (Å²) in [4.78, 5) is 10.5. The first-order valence-electron chi connectivity index (χ1n) is 4.89. The normalized spacial score (nSPS) is 10.7. The van der Waals surface area contributed by atoms with Crippen molar-refractivity contribution in [3.05, 3.63) is 11.3 Å². The number of hydrogen-bond acceptors (Lipinski definition) is 3. The van der Waals surface area contributed by atoms with Crippen LogP contribution in [-0.2, 0) is 11.2 Å². The van der Waals surface area contributed by atoms with Crippen LogP contribution in [0.5, 0.6) is 5.88 Å². The standard InChI is InChI=1S/C10H16N2O3/c1-6(2)9-7(4-5-8(13)14)10(15-3)12-11-9/h6H,4-5H2,1-3H3,(H,11,12)(H,13,14). The van der Waals surface area contributed by atoms with Crippen molar-refractivity contribution in [3.8, 4) is 5.88 Å². The maximum absolute atomic E-state index is 10.5. The van der Waals surface area contributed by atoms with Crippen molar-refractivity contribution in [2.45, 2.75) is 32.6 Å². The fourth-order valence-electron chi connectivity index (χ4n) is 1.48. The summed E-state index contributed by atoms with van der Waals surface area (Å²) < 4.78 is 5.07. The summed E-state index contributed by atoms with van der Waals surface area (Å²) in [7, 11) is 1.53. The third-order valence-electron chi connectivity index (χ3n) is 2.22. The molecule has 0 saturated carbocycles. The molecule has 1 heterocycles. The van der Waals surface area contributed by atoms with E-state index >= 15 is 0 Å². The van der Waals surface area contributed by atoms with Crippen molar-refractivity contribution in [2.24, 2.45) is 0 Å². The summed E-state index contributed by atoms with van der Waals surface area (Å²) in [5.41, 5.74) is 1.82. The summed E-state index contributed by atoms with van der Waals surface area (Å²) in [5, 5.41) is 15.5. The Morgan fingerprint density at radius 1 is 1.60 bits per heavy atom. The molecule has 0 aliphatic carbocycles. The van der Waals surface area contributed by atoms with Crippen molar-refractivity contribution < 1.29 is 14.6 Å². The summed E-state index contributed by atoms with van der Waals surface area (Å²) >= 11 is 0. The molecule has 84 valence electrons. The molecule has 0 bridgehead atoms. The lowest BCUT2D eigenvalue weighted by Gasteiger charge is -2.06. The molecular weight excluding hydrogens is 196 g/mol. The highest BCUT2D eigenvalue weighted by atomic mass is 16.5. The Hall–Kier alpha value is -1.52. The number of carboxylic acid groups (broad SMARTS) is 1. The number of nitrogens with zero attached hydrogens (tertiary/aromatic N) is 1. The molecule has 5 heteroatoms. The van der Waals surface area contributed by atoms with Crippen molar-refractivity contribution >= 4 is 5.97 Å². The van der Waals surface area contributed by atoms with Gasteiger partial charge in [-0.05, 0) is 12.3 Å². The highest BCUT2D eigenvalue weighted by molar-refractivity contribution is 5.67. The average molecular weight is 212 g/mol. The molecule has 0 aromatic carbocycles. The molecule has 1 aromatic rings. The fraction of sp³-hybridized carbons (Fsp3) is 0.600. The van der Waals surface area contributed by atoms with Gasteiger partial charge in [-0.2, -0.15) is 0 Å². The first-order valence-corrected chi connectivity index (χ1v) is 4.89. The minimum absolute atomic E-state index is 0.0929. The summed E-state index contributed by atoms with van der Waals surface area (Å²) in [6, 6.07) is 0. The molecule has 2 N–H and O–H groups in total. The second-order valence-corrected chi connectivity index (χ2v) is 3.67. The molecule has 0 spiro atoms. The molecule has 0 unspecified atom stereocenters. The Morgan fingerprint density at radius 3 is 2.73 bits per heavy atom. The van der Waals surface area contributed by atoms with Gasteiger partial charge in [0, 0.05) is 17.7 Å². The summed E-state index contributed by atoms with van der Waals surface area (Å²) in [6.45, 7) is 4.05. The van der Waals surface area contributed by atoms with Gasteiger partial charge in [0.05, 0.1) is 7.11 Å². The first kappa shape index (κ1) is 11.6. The van der Waals surface area contributed by atoms with E-state index in [4.69, 9.17) is 9.84 Å². The van der Waals surface area contributed by atoms with E-state index in [1.165, 1.54) is 7.11 Å². The van der Waals surface area contributed by atoms with Gasteiger partial charge in [-0.15, -0.1) is 5.10 Å². The van der Waals surface area contributed by atoms with Crippen LogP contribution >= 0.6 is 0 Å². The Morgan fingerprint density at radius 2 is 2.27 bits per heavy atom. The van der Waals surface area contributed by atoms with Crippen LogP contribution in [0.1, 0.15) is 37.4 Å². The van der Waals surface area contributed by atoms with Crippen LogP contribution in [-0.4, -0.2) is 28.4 Å². The quantitative estimate of drug-likeness (QED) is 0.776. The molecule has 0 fully saturated rings. The van der Waals surface area contributed by atoms with E-state index in [1.54, 1.807) is 0 Å². The van der Waals surface area contributed by atoms with Crippen molar-refractivity contribution in [2.75, 3.05) is 7.11 Å². The zero-order valence-electron chi connectivity index (χ0n) is 9.20. The van der Waals surface area contributed by atoms with Gasteiger partial charge >= 0.3 is 5.97 Å². The SMILES string of the molecule is COc1n[nH]c(C(C)C)c1CCC(=O)O. The lowest BCUT2D eigenvalue weighted by molar-refractivity contribution is -0.136. The number of carbonyl (C=O) groups is 1.